The van der Waals surface area contributed by atoms with E-state index in [0.717, 1.165) is 23.3 Å². The standard InChI is InChI=1S/C24H22F3NO5S/c25-24(26,27)34(30,31)33-21-13-11-18(12-14-21)15-22(28-16-19-7-3-1-4-8-19)23(29)32-17-20-9-5-2-6-10-20/h1-14,22,28H,15-17H2/t22-/m0/s1. The van der Waals surface area contributed by atoms with Gasteiger partial charge in [0.15, 0.2) is 0 Å². The molecule has 3 aromatic rings. The number of carbonyl (C=O) groups is 1. The average Bonchev–Trinajstić information content (AvgIpc) is 2.81. The number of esters is 1. The molecule has 0 heterocycles. The van der Waals surface area contributed by atoms with Crippen LogP contribution in [0.5, 0.6) is 5.75 Å². The van der Waals surface area contributed by atoms with Crippen LogP contribution in [-0.4, -0.2) is 25.9 Å². The second kappa shape index (κ2) is 11.2. The molecule has 0 bridgehead atoms. The van der Waals surface area contributed by atoms with Crippen molar-refractivity contribution in [2.24, 2.45) is 0 Å². The Morgan fingerprint density at radius 2 is 1.38 bits per heavy atom. The van der Waals surface area contributed by atoms with E-state index in [1.807, 2.05) is 60.7 Å². The fraction of sp³-hybridized carbons (Fsp3) is 0.208. The fourth-order valence-electron chi connectivity index (χ4n) is 3.00. The lowest BCUT2D eigenvalue weighted by atomic mass is 10.1. The highest BCUT2D eigenvalue weighted by Gasteiger charge is 2.48. The Morgan fingerprint density at radius 1 is 0.824 bits per heavy atom. The Kier molecular flexibility index (Phi) is 8.30. The first-order valence-corrected chi connectivity index (χ1v) is 11.6. The van der Waals surface area contributed by atoms with Gasteiger partial charge in [0, 0.05) is 6.54 Å². The van der Waals surface area contributed by atoms with Gasteiger partial charge in [-0.25, -0.2) is 0 Å². The number of benzene rings is 3. The molecule has 34 heavy (non-hydrogen) atoms. The first kappa shape index (κ1) is 25.3. The largest absolute Gasteiger partial charge is 0.534 e. The summed E-state index contributed by atoms with van der Waals surface area (Å²) in [5.41, 5.74) is -3.19. The van der Waals surface area contributed by atoms with Crippen LogP contribution in [0.15, 0.2) is 84.9 Å². The van der Waals surface area contributed by atoms with Gasteiger partial charge in [-0.1, -0.05) is 72.8 Å². The molecule has 10 heteroatoms. The average molecular weight is 494 g/mol. The van der Waals surface area contributed by atoms with Gasteiger partial charge in [-0.3, -0.25) is 4.79 Å². The highest BCUT2D eigenvalue weighted by molar-refractivity contribution is 7.88. The van der Waals surface area contributed by atoms with Gasteiger partial charge in [-0.15, -0.1) is 0 Å². The van der Waals surface area contributed by atoms with Crippen LogP contribution in [0.2, 0.25) is 0 Å². The Morgan fingerprint density at radius 3 is 1.94 bits per heavy atom. The van der Waals surface area contributed by atoms with Crippen LogP contribution in [0.1, 0.15) is 16.7 Å². The van der Waals surface area contributed by atoms with Crippen molar-refractivity contribution < 1.29 is 35.3 Å². The molecule has 1 atom stereocenters. The van der Waals surface area contributed by atoms with Gasteiger partial charge in [0.2, 0.25) is 0 Å². The van der Waals surface area contributed by atoms with E-state index in [1.165, 1.54) is 12.1 Å². The molecule has 0 radical (unpaired) electrons. The smallest absolute Gasteiger partial charge is 0.460 e. The van der Waals surface area contributed by atoms with Gasteiger partial charge >= 0.3 is 21.6 Å². The third-order valence-corrected chi connectivity index (χ3v) is 5.74. The minimum atomic E-state index is -5.76. The minimum absolute atomic E-state index is 0.0886. The van der Waals surface area contributed by atoms with Crippen molar-refractivity contribution in [3.05, 3.63) is 102 Å². The van der Waals surface area contributed by atoms with Crippen LogP contribution in [0, 0.1) is 0 Å². The monoisotopic (exact) mass is 493 g/mol. The van der Waals surface area contributed by atoms with Crippen molar-refractivity contribution in [2.75, 3.05) is 0 Å². The van der Waals surface area contributed by atoms with Gasteiger partial charge in [0.05, 0.1) is 0 Å². The third-order valence-electron chi connectivity index (χ3n) is 4.76. The topological polar surface area (TPSA) is 81.7 Å². The zero-order chi connectivity index (χ0) is 24.6. The SMILES string of the molecule is O=C(OCc1ccccc1)[C@H](Cc1ccc(OS(=O)(=O)C(F)(F)F)cc1)NCc1ccccc1. The molecule has 1 N–H and O–H groups in total. The molecule has 0 saturated carbocycles. The van der Waals surface area contributed by atoms with E-state index < -0.39 is 33.4 Å². The summed E-state index contributed by atoms with van der Waals surface area (Å²) in [4.78, 5) is 12.8. The van der Waals surface area contributed by atoms with Crippen molar-refractivity contribution in [3.8, 4) is 5.75 Å². The Hall–Kier alpha value is -3.37. The lowest BCUT2D eigenvalue weighted by Gasteiger charge is -2.18. The van der Waals surface area contributed by atoms with Crippen LogP contribution in [0.25, 0.3) is 0 Å². The molecule has 0 amide bonds. The molecule has 0 fully saturated rings. The Labute approximate surface area is 195 Å². The molecule has 0 unspecified atom stereocenters. The fourth-order valence-corrected chi connectivity index (χ4v) is 3.45. The van der Waals surface area contributed by atoms with E-state index in [4.69, 9.17) is 4.74 Å². The first-order chi connectivity index (χ1) is 16.1. The predicted molar refractivity (Wildman–Crippen MR) is 119 cm³/mol. The van der Waals surface area contributed by atoms with Gasteiger partial charge < -0.3 is 14.2 Å². The molecular weight excluding hydrogens is 471 g/mol. The lowest BCUT2D eigenvalue weighted by Crippen LogP contribution is -2.39. The molecular formula is C24H22F3NO5S. The summed E-state index contributed by atoms with van der Waals surface area (Å²) in [6.45, 7) is 0.474. The molecule has 6 nitrogen and oxygen atoms in total. The van der Waals surface area contributed by atoms with Crippen LogP contribution >= 0.6 is 0 Å². The summed E-state index contributed by atoms with van der Waals surface area (Å²) in [6, 6.07) is 22.8. The van der Waals surface area contributed by atoms with E-state index in [-0.39, 0.29) is 13.0 Å². The van der Waals surface area contributed by atoms with E-state index in [1.54, 1.807) is 0 Å². The normalized spacial score (nSPS) is 12.7. The van der Waals surface area contributed by atoms with Gasteiger partial charge in [-0.05, 0) is 35.2 Å². The highest BCUT2D eigenvalue weighted by atomic mass is 32.2. The van der Waals surface area contributed by atoms with Crippen LogP contribution in [-0.2, 0) is 39.2 Å². The third kappa shape index (κ3) is 7.32. The minimum Gasteiger partial charge on any atom is -0.460 e. The van der Waals surface area contributed by atoms with Crippen molar-refractivity contribution in [1.29, 1.82) is 0 Å². The second-order valence-electron chi connectivity index (χ2n) is 7.34. The van der Waals surface area contributed by atoms with E-state index >= 15 is 0 Å². The van der Waals surface area contributed by atoms with Crippen LogP contribution in [0.4, 0.5) is 13.2 Å². The molecule has 0 aromatic heterocycles. The summed E-state index contributed by atoms with van der Waals surface area (Å²) in [5, 5.41) is 3.14. The molecule has 0 spiro atoms. The summed E-state index contributed by atoms with van der Waals surface area (Å²) in [5.74, 6) is -0.985. The molecule has 3 aromatic carbocycles. The summed E-state index contributed by atoms with van der Waals surface area (Å²) in [7, 11) is -5.76. The number of halogens is 3. The van der Waals surface area contributed by atoms with Crippen molar-refractivity contribution in [1.82, 2.24) is 5.32 Å². The van der Waals surface area contributed by atoms with Gasteiger partial charge in [0.1, 0.15) is 18.4 Å². The molecule has 0 aliphatic heterocycles. The van der Waals surface area contributed by atoms with E-state index in [0.29, 0.717) is 12.1 Å². The molecule has 3 rings (SSSR count). The number of nitrogens with one attached hydrogen (secondary N) is 1. The number of carbonyl (C=O) groups excluding carboxylic acids is 1. The molecule has 180 valence electrons. The summed E-state index contributed by atoms with van der Waals surface area (Å²) in [6.07, 6.45) is 0.159. The predicted octanol–water partition coefficient (Wildman–Crippen LogP) is 4.36. The van der Waals surface area contributed by atoms with E-state index in [9.17, 15) is 26.4 Å². The molecule has 0 saturated heterocycles. The summed E-state index contributed by atoms with van der Waals surface area (Å²) < 4.78 is 69.4. The Bertz CT molecular complexity index is 1170. The molecule has 0 aliphatic carbocycles. The zero-order valence-corrected chi connectivity index (χ0v) is 18.7. The zero-order valence-electron chi connectivity index (χ0n) is 17.9. The lowest BCUT2D eigenvalue weighted by molar-refractivity contribution is -0.147. The van der Waals surface area contributed by atoms with Crippen molar-refractivity contribution in [3.63, 3.8) is 0 Å². The second-order valence-corrected chi connectivity index (χ2v) is 8.88. The number of hydrogen-bond acceptors (Lipinski definition) is 6. The van der Waals surface area contributed by atoms with E-state index in [2.05, 4.69) is 9.50 Å². The maximum atomic E-state index is 12.8. The van der Waals surface area contributed by atoms with Gasteiger partial charge in [-0.2, -0.15) is 21.6 Å². The number of ether oxygens (including phenoxy) is 1. The summed E-state index contributed by atoms with van der Waals surface area (Å²) >= 11 is 0. The van der Waals surface area contributed by atoms with Crippen LogP contribution in [0.3, 0.4) is 0 Å². The maximum Gasteiger partial charge on any atom is 0.534 e. The first-order valence-electron chi connectivity index (χ1n) is 10.2. The Balaban J connectivity index is 1.68. The quantitative estimate of drug-likeness (QED) is 0.257. The number of hydrogen-bond donors (Lipinski definition) is 1. The number of rotatable bonds is 10. The molecule has 0 aliphatic rings. The van der Waals surface area contributed by atoms with Crippen molar-refractivity contribution in [2.45, 2.75) is 31.1 Å². The van der Waals surface area contributed by atoms with Gasteiger partial charge in [0.25, 0.3) is 0 Å². The number of alkyl halides is 3. The van der Waals surface area contributed by atoms with Crippen molar-refractivity contribution >= 4 is 16.1 Å². The highest BCUT2D eigenvalue weighted by Crippen LogP contribution is 2.27. The van der Waals surface area contributed by atoms with Crippen LogP contribution < -0.4 is 9.50 Å². The maximum absolute atomic E-state index is 12.8.